The summed E-state index contributed by atoms with van der Waals surface area (Å²) in [5, 5.41) is 0. The van der Waals surface area contributed by atoms with Gasteiger partial charge in [-0.05, 0) is 6.07 Å². The molecule has 1 aromatic rings. The lowest BCUT2D eigenvalue weighted by molar-refractivity contribution is 0.981. The summed E-state index contributed by atoms with van der Waals surface area (Å²) in [4.78, 5) is 9.77. The van der Waals surface area contributed by atoms with Gasteiger partial charge in [0.2, 0.25) is 5.95 Å². The largest absolute Gasteiger partial charge is 0.368 e. The number of nitrogens with two attached hydrogens (primary N) is 1. The second kappa shape index (κ2) is 3.71. The van der Waals surface area contributed by atoms with Crippen molar-refractivity contribution in [1.82, 2.24) is 9.97 Å². The Kier molecular flexibility index (Phi) is 2.63. The molecular formula is C8H12N4. The van der Waals surface area contributed by atoms with Crippen LogP contribution >= 0.6 is 0 Å². The van der Waals surface area contributed by atoms with Crippen molar-refractivity contribution in [3.8, 4) is 0 Å². The van der Waals surface area contributed by atoms with Crippen molar-refractivity contribution < 1.29 is 0 Å². The van der Waals surface area contributed by atoms with Gasteiger partial charge >= 0.3 is 0 Å². The lowest BCUT2D eigenvalue weighted by Gasteiger charge is -2.14. The van der Waals surface area contributed by atoms with Gasteiger partial charge in [-0.25, -0.2) is 4.98 Å². The number of anilines is 2. The summed E-state index contributed by atoms with van der Waals surface area (Å²) in [6.07, 6.45) is 3.44. The first kappa shape index (κ1) is 8.52. The molecule has 0 bridgehead atoms. The van der Waals surface area contributed by atoms with Crippen molar-refractivity contribution in [1.29, 1.82) is 0 Å². The fraction of sp³-hybridized carbons (Fsp3) is 0.250. The highest BCUT2D eigenvalue weighted by Gasteiger charge is 1.99. The summed E-state index contributed by atoms with van der Waals surface area (Å²) in [6, 6.07) is 1.81. The van der Waals surface area contributed by atoms with Crippen LogP contribution in [0, 0.1) is 0 Å². The SMILES string of the molecule is C=CCN(C)c1ccnc(N)n1. The van der Waals surface area contributed by atoms with Crippen LogP contribution in [0.2, 0.25) is 0 Å². The maximum atomic E-state index is 5.42. The van der Waals surface area contributed by atoms with Gasteiger partial charge in [-0.2, -0.15) is 4.98 Å². The van der Waals surface area contributed by atoms with Gasteiger partial charge in [-0.15, -0.1) is 6.58 Å². The zero-order valence-corrected chi connectivity index (χ0v) is 7.07. The van der Waals surface area contributed by atoms with Crippen molar-refractivity contribution in [3.63, 3.8) is 0 Å². The quantitative estimate of drug-likeness (QED) is 0.667. The van der Waals surface area contributed by atoms with E-state index in [-0.39, 0.29) is 0 Å². The monoisotopic (exact) mass is 164 g/mol. The molecule has 2 N–H and O–H groups in total. The van der Waals surface area contributed by atoms with E-state index in [1.165, 1.54) is 0 Å². The summed E-state index contributed by atoms with van der Waals surface area (Å²) in [7, 11) is 1.92. The minimum atomic E-state index is 0.295. The number of hydrogen-bond donors (Lipinski definition) is 1. The fourth-order valence-electron chi connectivity index (χ4n) is 0.864. The Balaban J connectivity index is 2.80. The van der Waals surface area contributed by atoms with Gasteiger partial charge in [-0.1, -0.05) is 6.08 Å². The Morgan fingerprint density at radius 2 is 2.50 bits per heavy atom. The Labute approximate surface area is 71.7 Å². The molecule has 0 spiro atoms. The highest BCUT2D eigenvalue weighted by molar-refractivity contribution is 5.40. The van der Waals surface area contributed by atoms with Crippen LogP contribution in [0.15, 0.2) is 24.9 Å². The minimum Gasteiger partial charge on any atom is -0.368 e. The third-order valence-corrected chi connectivity index (χ3v) is 1.45. The number of nitrogens with zero attached hydrogens (tertiary/aromatic N) is 3. The second-order valence-corrected chi connectivity index (χ2v) is 2.44. The zero-order valence-electron chi connectivity index (χ0n) is 7.07. The van der Waals surface area contributed by atoms with Gasteiger partial charge < -0.3 is 10.6 Å². The smallest absolute Gasteiger partial charge is 0.221 e. The lowest BCUT2D eigenvalue weighted by Crippen LogP contribution is -2.18. The first-order chi connectivity index (χ1) is 5.74. The Morgan fingerprint density at radius 3 is 3.08 bits per heavy atom. The molecule has 0 unspecified atom stereocenters. The summed E-state index contributed by atoms with van der Waals surface area (Å²) in [5.41, 5.74) is 5.42. The molecular weight excluding hydrogens is 152 g/mol. The van der Waals surface area contributed by atoms with Crippen LogP contribution in [0.25, 0.3) is 0 Å². The molecule has 0 radical (unpaired) electrons. The van der Waals surface area contributed by atoms with Crippen LogP contribution in [0.5, 0.6) is 0 Å². The third-order valence-electron chi connectivity index (χ3n) is 1.45. The van der Waals surface area contributed by atoms with Crippen LogP contribution < -0.4 is 10.6 Å². The van der Waals surface area contributed by atoms with Crippen molar-refractivity contribution >= 4 is 11.8 Å². The molecule has 1 aromatic heterocycles. The summed E-state index contributed by atoms with van der Waals surface area (Å²) in [5.74, 6) is 1.10. The molecule has 0 saturated heterocycles. The molecule has 1 heterocycles. The maximum Gasteiger partial charge on any atom is 0.221 e. The molecule has 4 heteroatoms. The van der Waals surface area contributed by atoms with E-state index in [4.69, 9.17) is 5.73 Å². The number of hydrogen-bond acceptors (Lipinski definition) is 4. The van der Waals surface area contributed by atoms with Crippen molar-refractivity contribution in [2.75, 3.05) is 24.2 Å². The predicted octanol–water partition coefficient (Wildman–Crippen LogP) is 0.681. The first-order valence-corrected chi connectivity index (χ1v) is 3.64. The number of aromatic nitrogens is 2. The van der Waals surface area contributed by atoms with E-state index in [0.717, 1.165) is 12.4 Å². The molecule has 0 saturated carbocycles. The van der Waals surface area contributed by atoms with Gasteiger partial charge in [0.1, 0.15) is 5.82 Å². The fourth-order valence-corrected chi connectivity index (χ4v) is 0.864. The maximum absolute atomic E-state index is 5.42. The average Bonchev–Trinajstić information content (AvgIpc) is 2.05. The van der Waals surface area contributed by atoms with E-state index >= 15 is 0 Å². The number of nitrogen functional groups attached to an aromatic ring is 1. The van der Waals surface area contributed by atoms with Gasteiger partial charge in [-0.3, -0.25) is 0 Å². The van der Waals surface area contributed by atoms with E-state index in [1.54, 1.807) is 18.3 Å². The van der Waals surface area contributed by atoms with Gasteiger partial charge in [0.25, 0.3) is 0 Å². The molecule has 0 aliphatic rings. The molecule has 0 aliphatic carbocycles. The standard InChI is InChI=1S/C8H12N4/c1-3-6-12(2)7-4-5-10-8(9)11-7/h3-5H,1,6H2,2H3,(H2,9,10,11). The Morgan fingerprint density at radius 1 is 1.75 bits per heavy atom. The summed E-state index contributed by atoms with van der Waals surface area (Å²) in [6.45, 7) is 4.38. The normalized spacial score (nSPS) is 9.42. The highest BCUT2D eigenvalue weighted by Crippen LogP contribution is 2.07. The molecule has 12 heavy (non-hydrogen) atoms. The van der Waals surface area contributed by atoms with E-state index in [9.17, 15) is 0 Å². The summed E-state index contributed by atoms with van der Waals surface area (Å²) < 4.78 is 0. The Bertz CT molecular complexity index is 272. The van der Waals surface area contributed by atoms with Crippen LogP contribution in [-0.4, -0.2) is 23.6 Å². The molecule has 0 aliphatic heterocycles. The average molecular weight is 164 g/mol. The zero-order chi connectivity index (χ0) is 8.97. The molecule has 1 rings (SSSR count). The molecule has 64 valence electrons. The molecule has 0 amide bonds. The topological polar surface area (TPSA) is 55.0 Å². The predicted molar refractivity (Wildman–Crippen MR) is 49.9 cm³/mol. The van der Waals surface area contributed by atoms with Crippen molar-refractivity contribution in [2.45, 2.75) is 0 Å². The van der Waals surface area contributed by atoms with Crippen LogP contribution in [0.1, 0.15) is 0 Å². The summed E-state index contributed by atoms with van der Waals surface area (Å²) >= 11 is 0. The lowest BCUT2D eigenvalue weighted by atomic mass is 10.5. The first-order valence-electron chi connectivity index (χ1n) is 3.64. The van der Waals surface area contributed by atoms with Gasteiger partial charge in [0.15, 0.2) is 0 Å². The number of rotatable bonds is 3. The van der Waals surface area contributed by atoms with Gasteiger partial charge in [0, 0.05) is 19.8 Å². The number of likely N-dealkylation sites (N-methyl/N-ethyl adjacent to an activating group) is 1. The van der Waals surface area contributed by atoms with E-state index < -0.39 is 0 Å². The van der Waals surface area contributed by atoms with Crippen LogP contribution in [0.4, 0.5) is 11.8 Å². The molecule has 4 nitrogen and oxygen atoms in total. The molecule has 0 fully saturated rings. The Hall–Kier alpha value is -1.58. The molecule has 0 atom stereocenters. The third kappa shape index (κ3) is 1.95. The molecule has 0 aromatic carbocycles. The van der Waals surface area contributed by atoms with Crippen LogP contribution in [0.3, 0.4) is 0 Å². The van der Waals surface area contributed by atoms with Gasteiger partial charge in [0.05, 0.1) is 0 Å². The highest BCUT2D eigenvalue weighted by atomic mass is 15.2. The van der Waals surface area contributed by atoms with Crippen molar-refractivity contribution in [3.05, 3.63) is 24.9 Å². The minimum absolute atomic E-state index is 0.295. The van der Waals surface area contributed by atoms with E-state index in [2.05, 4.69) is 16.5 Å². The second-order valence-electron chi connectivity index (χ2n) is 2.44. The van der Waals surface area contributed by atoms with Crippen LogP contribution in [-0.2, 0) is 0 Å². The van der Waals surface area contributed by atoms with E-state index in [1.807, 2.05) is 11.9 Å². The van der Waals surface area contributed by atoms with Crippen molar-refractivity contribution in [2.24, 2.45) is 0 Å². The van der Waals surface area contributed by atoms with E-state index in [0.29, 0.717) is 5.95 Å².